The van der Waals surface area contributed by atoms with E-state index in [0.717, 1.165) is 0 Å². The Bertz CT molecular complexity index is 4.14. The summed E-state index contributed by atoms with van der Waals surface area (Å²) in [6, 6.07) is 0. The van der Waals surface area contributed by atoms with E-state index in [0.29, 0.717) is 0 Å². The Morgan fingerprint density at radius 2 is 0.286 bits per heavy atom. The summed E-state index contributed by atoms with van der Waals surface area (Å²) in [6.07, 6.45) is 0. The molecule has 48 valence electrons. The van der Waals surface area contributed by atoms with Crippen LogP contribution in [0.2, 0.25) is 0 Å². The summed E-state index contributed by atoms with van der Waals surface area (Å²) in [7, 11) is 0. The van der Waals surface area contributed by atoms with E-state index in [4.69, 9.17) is 0 Å². The van der Waals surface area contributed by atoms with Gasteiger partial charge < -0.3 is 28.2 Å². The molecule has 0 spiro atoms. The molecule has 0 radical (unpaired) electrons. The first-order valence-corrected chi connectivity index (χ1v) is 0. The van der Waals surface area contributed by atoms with Gasteiger partial charge in [0.2, 0.25) is 0 Å². The van der Waals surface area contributed by atoms with E-state index in [1.54, 1.807) is 0 Å². The zero-order valence-electron chi connectivity index (χ0n) is 3.27. The van der Waals surface area contributed by atoms with Gasteiger partial charge in [-0.05, 0) is 0 Å². The molecule has 0 aromatic carbocycles. The molecule has 0 aliphatic heterocycles. The topological polar surface area (TPSA) is 0 Å². The van der Waals surface area contributed by atoms with Crippen molar-refractivity contribution in [2.45, 2.75) is 0 Å². The molecule has 0 saturated heterocycles. The molecule has 0 bridgehead atoms. The van der Waals surface area contributed by atoms with Gasteiger partial charge in [0.1, 0.15) is 0 Å². The van der Waals surface area contributed by atoms with Gasteiger partial charge in [0.15, 0.2) is 0 Å². The van der Waals surface area contributed by atoms with Crippen molar-refractivity contribution in [3.63, 3.8) is 0 Å². The van der Waals surface area contributed by atoms with Crippen LogP contribution in [0.1, 0.15) is 0 Å². The van der Waals surface area contributed by atoms with Crippen LogP contribution in [0.15, 0.2) is 0 Å². The Balaban J connectivity index is 0. The van der Waals surface area contributed by atoms with Crippen molar-refractivity contribution in [1.82, 2.24) is 0 Å². The van der Waals surface area contributed by atoms with Gasteiger partial charge in [-0.1, -0.05) is 0 Å². The van der Waals surface area contributed by atoms with Gasteiger partial charge in [-0.25, -0.2) is 0 Å². The van der Waals surface area contributed by atoms with Crippen molar-refractivity contribution in [3.8, 4) is 0 Å². The van der Waals surface area contributed by atoms with Gasteiger partial charge in [-0.15, -0.1) is 0 Å². The fraction of sp³-hybridized carbons (Fsp3) is 0. The average molecular weight is 137 g/mol. The summed E-state index contributed by atoms with van der Waals surface area (Å²) in [6.45, 7) is 0. The summed E-state index contributed by atoms with van der Waals surface area (Å²) in [5.41, 5.74) is 0. The Kier molecular flexibility index (Phi) is 84900. The van der Waals surface area contributed by atoms with Crippen molar-refractivity contribution >= 4 is 0 Å². The van der Waals surface area contributed by atoms with Crippen LogP contribution in [0.3, 0.4) is 0 Å². The van der Waals surface area contributed by atoms with Gasteiger partial charge in [0.25, 0.3) is 0 Å². The quantitative estimate of drug-likeness (QED) is 0.230. The maximum absolute atomic E-state index is 0. The van der Waals surface area contributed by atoms with E-state index in [9.17, 15) is 0 Å². The summed E-state index contributed by atoms with van der Waals surface area (Å²) in [5.74, 6) is 0. The van der Waals surface area contributed by atoms with E-state index in [2.05, 4.69) is 0 Å². The molecule has 0 nitrogen and oxygen atoms in total. The molecule has 0 heterocycles. The molecule has 0 aliphatic rings. The second-order valence-corrected chi connectivity index (χ2v) is 0. The van der Waals surface area contributed by atoms with Crippen molar-refractivity contribution in [2.24, 2.45) is 0 Å². The minimum atomic E-state index is 0. The summed E-state index contributed by atoms with van der Waals surface area (Å²) >= 11 is 0. The molecule has 0 fully saturated rings. The number of hydrogen-bond acceptors (Lipinski definition) is 0. The summed E-state index contributed by atoms with van der Waals surface area (Å²) in [5, 5.41) is 0. The standard InChI is InChI=1S/6FH.Na/h6*1H;/q;;;;;;+1/p-6. The zero-order valence-corrected chi connectivity index (χ0v) is 5.27. The van der Waals surface area contributed by atoms with Crippen LogP contribution >= 0.6 is 0 Å². The van der Waals surface area contributed by atoms with E-state index in [-0.39, 0.29) is 57.8 Å². The molecule has 0 N–H and O–H groups in total. The molecule has 7 heteroatoms. The fourth-order valence-corrected chi connectivity index (χ4v) is 0. The molecule has 0 aromatic rings. The molecule has 0 aliphatic carbocycles. The minimum absolute atomic E-state index is 0. The predicted octanol–water partition coefficient (Wildman–Crippen LogP) is -21.0. The third-order valence-electron chi connectivity index (χ3n) is 0. The van der Waals surface area contributed by atoms with Gasteiger partial charge in [0, 0.05) is 0 Å². The maximum Gasteiger partial charge on any atom is 1.00 e. The number of halogens is 6. The van der Waals surface area contributed by atoms with Gasteiger partial charge in [-0.2, -0.15) is 0 Å². The Morgan fingerprint density at radius 3 is 0.286 bits per heavy atom. The van der Waals surface area contributed by atoms with Crippen LogP contribution < -0.4 is 57.8 Å². The Labute approximate surface area is 58.2 Å². The molecular weight excluding hydrogens is 137 g/mol. The molecule has 0 aromatic heterocycles. The first-order valence-electron chi connectivity index (χ1n) is 0. The molecule has 0 amide bonds. The summed E-state index contributed by atoms with van der Waals surface area (Å²) < 4.78 is 0. The zero-order chi connectivity index (χ0) is 0. The number of hydrogen-bond donors (Lipinski definition) is 0. The van der Waals surface area contributed by atoms with Crippen molar-refractivity contribution < 1.29 is 57.8 Å². The molecule has 7 heavy (non-hydrogen) atoms. The van der Waals surface area contributed by atoms with Crippen molar-refractivity contribution in [2.75, 3.05) is 0 Å². The van der Waals surface area contributed by atoms with E-state index in [1.165, 1.54) is 0 Å². The number of rotatable bonds is 0. The first kappa shape index (κ1) is 976. The normalized spacial score (nSPS) is 0. The fourth-order valence-electron chi connectivity index (χ4n) is 0. The monoisotopic (exact) mass is 137 g/mol. The van der Waals surface area contributed by atoms with E-state index < -0.39 is 0 Å². The second-order valence-electron chi connectivity index (χ2n) is 0. The molecule has 0 atom stereocenters. The molecule has 0 rings (SSSR count). The van der Waals surface area contributed by atoms with Crippen molar-refractivity contribution in [3.05, 3.63) is 0 Å². The third kappa shape index (κ3) is 410. The van der Waals surface area contributed by atoms with E-state index >= 15 is 0 Å². The predicted molar refractivity (Wildman–Crippen MR) is 0 cm³/mol. The maximum atomic E-state index is 0. The van der Waals surface area contributed by atoms with Crippen LogP contribution in [-0.4, -0.2) is 0 Å². The third-order valence-corrected chi connectivity index (χ3v) is 0. The average Bonchev–Trinajstić information content (AvgIpc) is 0. The summed E-state index contributed by atoms with van der Waals surface area (Å²) in [4.78, 5) is 0. The second kappa shape index (κ2) is 609. The Hall–Kier alpha value is 0.580. The van der Waals surface area contributed by atoms with Gasteiger partial charge in [-0.3, -0.25) is 0 Å². The van der Waals surface area contributed by atoms with E-state index in [1.807, 2.05) is 0 Å². The molecular formula is F6Na-5. The van der Waals surface area contributed by atoms with Gasteiger partial charge >= 0.3 is 29.6 Å². The van der Waals surface area contributed by atoms with Crippen LogP contribution in [0, 0.1) is 0 Å². The Morgan fingerprint density at radius 1 is 0.286 bits per heavy atom. The molecule has 0 unspecified atom stereocenters. The van der Waals surface area contributed by atoms with Crippen LogP contribution in [-0.2, 0) is 0 Å². The van der Waals surface area contributed by atoms with Crippen LogP contribution in [0.25, 0.3) is 0 Å². The van der Waals surface area contributed by atoms with Crippen LogP contribution in [0.5, 0.6) is 0 Å². The van der Waals surface area contributed by atoms with Crippen molar-refractivity contribution in [1.29, 1.82) is 0 Å². The molecule has 0 saturated carbocycles. The largest absolute Gasteiger partial charge is 1.00 e. The minimum Gasteiger partial charge on any atom is -1.00 e. The van der Waals surface area contributed by atoms with Gasteiger partial charge in [0.05, 0.1) is 0 Å². The first-order chi connectivity index (χ1) is 0. The smallest absolute Gasteiger partial charge is 1.00 e. The van der Waals surface area contributed by atoms with Crippen LogP contribution in [0.4, 0.5) is 0 Å². The SMILES string of the molecule is [F-].[F-].[F-].[F-].[F-].[F-].[Na+].